The predicted molar refractivity (Wildman–Crippen MR) is 125 cm³/mol. The van der Waals surface area contributed by atoms with Gasteiger partial charge in [0.05, 0.1) is 24.8 Å². The number of unbranched alkanes of at least 4 members (excludes halogenated alkanes) is 1. The Kier molecular flexibility index (Phi) is 6.53. The van der Waals surface area contributed by atoms with E-state index in [0.717, 1.165) is 29.5 Å². The second kappa shape index (κ2) is 9.68. The van der Waals surface area contributed by atoms with Crippen LogP contribution in [0.3, 0.4) is 0 Å². The molecular formula is C25H26N4O4. The number of carbonyl (C=O) groups excluding carboxylic acids is 3. The first-order valence-corrected chi connectivity index (χ1v) is 11.0. The fourth-order valence-corrected chi connectivity index (χ4v) is 3.63. The van der Waals surface area contributed by atoms with Gasteiger partial charge < -0.3 is 15.4 Å². The Bertz CT molecular complexity index is 1170. The highest BCUT2D eigenvalue weighted by Gasteiger charge is 2.35. The first kappa shape index (κ1) is 22.3. The Hall–Kier alpha value is -3.94. The molecule has 0 spiro atoms. The number of nitrogens with one attached hydrogen (secondary N) is 2. The van der Waals surface area contributed by atoms with Crippen LogP contribution in [0.5, 0.6) is 0 Å². The van der Waals surface area contributed by atoms with Gasteiger partial charge in [0.1, 0.15) is 11.9 Å². The van der Waals surface area contributed by atoms with Crippen LogP contribution in [-0.4, -0.2) is 34.2 Å². The fraction of sp³-hybridized carbons (Fsp3) is 0.280. The van der Waals surface area contributed by atoms with Crippen LogP contribution in [0.2, 0.25) is 0 Å². The van der Waals surface area contributed by atoms with E-state index in [0.29, 0.717) is 23.7 Å². The van der Waals surface area contributed by atoms with Gasteiger partial charge in [-0.15, -0.1) is 0 Å². The molecule has 8 heteroatoms. The molecule has 3 aromatic rings. The van der Waals surface area contributed by atoms with Crippen LogP contribution in [-0.2, 0) is 14.3 Å². The zero-order valence-electron chi connectivity index (χ0n) is 18.6. The van der Waals surface area contributed by atoms with Gasteiger partial charge in [0.15, 0.2) is 0 Å². The molecule has 1 aromatic heterocycles. The van der Waals surface area contributed by atoms with E-state index in [1.165, 1.54) is 0 Å². The number of aryl methyl sites for hydroxylation is 1. The van der Waals surface area contributed by atoms with Crippen molar-refractivity contribution in [1.29, 1.82) is 0 Å². The zero-order chi connectivity index (χ0) is 23.4. The molecule has 0 radical (unpaired) electrons. The summed E-state index contributed by atoms with van der Waals surface area (Å²) in [5, 5.41) is 9.97. The third-order valence-corrected chi connectivity index (χ3v) is 5.51. The Morgan fingerprint density at radius 1 is 1.12 bits per heavy atom. The smallest absolute Gasteiger partial charge is 0.338 e. The molecule has 2 amide bonds. The molecule has 2 heterocycles. The van der Waals surface area contributed by atoms with E-state index >= 15 is 0 Å². The molecule has 1 unspecified atom stereocenters. The molecule has 1 aliphatic heterocycles. The van der Waals surface area contributed by atoms with E-state index in [-0.39, 0.29) is 24.2 Å². The Morgan fingerprint density at radius 2 is 1.85 bits per heavy atom. The summed E-state index contributed by atoms with van der Waals surface area (Å²) in [7, 11) is 0. The summed E-state index contributed by atoms with van der Waals surface area (Å²) in [6, 6.07) is 13.7. The maximum Gasteiger partial charge on any atom is 0.338 e. The van der Waals surface area contributed by atoms with Gasteiger partial charge in [-0.3, -0.25) is 9.59 Å². The van der Waals surface area contributed by atoms with E-state index in [1.54, 1.807) is 35.1 Å². The Balaban J connectivity index is 1.39. The van der Waals surface area contributed by atoms with Crippen LogP contribution in [0.25, 0.3) is 11.1 Å². The van der Waals surface area contributed by atoms with Crippen LogP contribution in [0.1, 0.15) is 48.1 Å². The Morgan fingerprint density at radius 3 is 2.55 bits per heavy atom. The summed E-state index contributed by atoms with van der Waals surface area (Å²) in [6.45, 7) is 4.42. The molecule has 2 N–H and O–H groups in total. The van der Waals surface area contributed by atoms with Gasteiger partial charge in [-0.1, -0.05) is 43.2 Å². The van der Waals surface area contributed by atoms with Crippen molar-refractivity contribution in [1.82, 2.24) is 9.78 Å². The second-order valence-corrected chi connectivity index (χ2v) is 8.04. The lowest BCUT2D eigenvalue weighted by atomic mass is 10.1. The van der Waals surface area contributed by atoms with Crippen LogP contribution in [0, 0.1) is 6.92 Å². The SMILES string of the molecule is CCCCOC(=O)c1ccc(NC(=O)CC2C(=O)Nc3c(-c4ccc(C)cc4)cnn32)cc1. The minimum atomic E-state index is -0.730. The normalized spacial score (nSPS) is 14.5. The number of aromatic nitrogens is 2. The molecule has 2 aromatic carbocycles. The summed E-state index contributed by atoms with van der Waals surface area (Å²) in [4.78, 5) is 37.1. The van der Waals surface area contributed by atoms with Crippen molar-refractivity contribution in [3.63, 3.8) is 0 Å². The summed E-state index contributed by atoms with van der Waals surface area (Å²) in [6.07, 6.45) is 3.40. The van der Waals surface area contributed by atoms with Crippen molar-refractivity contribution in [2.24, 2.45) is 0 Å². The summed E-state index contributed by atoms with van der Waals surface area (Å²) in [5.74, 6) is -0.396. The van der Waals surface area contributed by atoms with E-state index < -0.39 is 6.04 Å². The maximum absolute atomic E-state index is 12.6. The third kappa shape index (κ3) is 4.95. The number of esters is 1. The van der Waals surface area contributed by atoms with Gasteiger partial charge in [0.2, 0.25) is 5.91 Å². The molecule has 0 bridgehead atoms. The lowest BCUT2D eigenvalue weighted by molar-refractivity contribution is -0.123. The van der Waals surface area contributed by atoms with Crippen molar-refractivity contribution in [3.8, 4) is 11.1 Å². The van der Waals surface area contributed by atoms with Gasteiger partial charge in [-0.2, -0.15) is 5.10 Å². The van der Waals surface area contributed by atoms with Gasteiger partial charge in [-0.05, 0) is 43.2 Å². The van der Waals surface area contributed by atoms with Crippen LogP contribution < -0.4 is 10.6 Å². The molecule has 0 fully saturated rings. The average Bonchev–Trinajstić information content (AvgIpc) is 3.34. The number of hydrogen-bond donors (Lipinski definition) is 2. The van der Waals surface area contributed by atoms with Crippen molar-refractivity contribution < 1.29 is 19.1 Å². The molecular weight excluding hydrogens is 420 g/mol. The fourth-order valence-electron chi connectivity index (χ4n) is 3.63. The Labute approximate surface area is 191 Å². The third-order valence-electron chi connectivity index (χ3n) is 5.51. The first-order valence-electron chi connectivity index (χ1n) is 11.0. The van der Waals surface area contributed by atoms with E-state index in [4.69, 9.17) is 4.74 Å². The molecule has 8 nitrogen and oxygen atoms in total. The molecule has 0 saturated heterocycles. The highest BCUT2D eigenvalue weighted by Crippen LogP contribution is 2.35. The lowest BCUT2D eigenvalue weighted by Crippen LogP contribution is -2.23. The number of anilines is 2. The molecule has 1 atom stereocenters. The van der Waals surface area contributed by atoms with Gasteiger partial charge in [0.25, 0.3) is 5.91 Å². The van der Waals surface area contributed by atoms with Gasteiger partial charge in [-0.25, -0.2) is 9.48 Å². The standard InChI is InChI=1S/C25H26N4O4/c1-3-4-13-33-25(32)18-9-11-19(12-10-18)27-22(30)14-21-24(31)28-23-20(15-26-29(21)23)17-7-5-16(2)6-8-17/h5-12,15,21H,3-4,13-14H2,1-2H3,(H,27,30)(H,28,31). The zero-order valence-corrected chi connectivity index (χ0v) is 18.6. The first-order chi connectivity index (χ1) is 16.0. The van der Waals surface area contributed by atoms with Crippen LogP contribution in [0.4, 0.5) is 11.5 Å². The summed E-state index contributed by atoms with van der Waals surface area (Å²) < 4.78 is 6.74. The minimum absolute atomic E-state index is 0.0609. The number of benzene rings is 2. The van der Waals surface area contributed by atoms with E-state index in [9.17, 15) is 14.4 Å². The van der Waals surface area contributed by atoms with Crippen LogP contribution in [0.15, 0.2) is 54.7 Å². The molecule has 0 aliphatic carbocycles. The summed E-state index contributed by atoms with van der Waals surface area (Å²) >= 11 is 0. The number of amides is 2. The number of rotatable bonds is 8. The largest absolute Gasteiger partial charge is 0.462 e. The second-order valence-electron chi connectivity index (χ2n) is 8.04. The van der Waals surface area contributed by atoms with E-state index in [2.05, 4.69) is 15.7 Å². The highest BCUT2D eigenvalue weighted by molar-refractivity contribution is 6.04. The molecule has 4 rings (SSSR count). The topological polar surface area (TPSA) is 102 Å². The lowest BCUT2D eigenvalue weighted by Gasteiger charge is -2.10. The van der Waals surface area contributed by atoms with Gasteiger partial charge in [0, 0.05) is 11.3 Å². The predicted octanol–water partition coefficient (Wildman–Crippen LogP) is 4.34. The molecule has 0 saturated carbocycles. The maximum atomic E-state index is 12.6. The number of carbonyl (C=O) groups is 3. The number of nitrogens with zero attached hydrogens (tertiary/aromatic N) is 2. The van der Waals surface area contributed by atoms with Crippen LogP contribution >= 0.6 is 0 Å². The number of ether oxygens (including phenoxy) is 1. The number of fused-ring (bicyclic) bond motifs is 1. The molecule has 1 aliphatic rings. The molecule has 33 heavy (non-hydrogen) atoms. The van der Waals surface area contributed by atoms with Crippen molar-refractivity contribution in [2.45, 2.75) is 39.2 Å². The average molecular weight is 447 g/mol. The minimum Gasteiger partial charge on any atom is -0.462 e. The van der Waals surface area contributed by atoms with Crippen molar-refractivity contribution in [2.75, 3.05) is 17.2 Å². The van der Waals surface area contributed by atoms with E-state index in [1.807, 2.05) is 38.1 Å². The van der Waals surface area contributed by atoms with Gasteiger partial charge >= 0.3 is 5.97 Å². The number of hydrogen-bond acceptors (Lipinski definition) is 5. The quantitative estimate of drug-likeness (QED) is 0.396. The van der Waals surface area contributed by atoms with Crippen molar-refractivity contribution >= 4 is 29.3 Å². The summed E-state index contributed by atoms with van der Waals surface area (Å²) in [5.41, 5.74) is 3.85. The molecule has 170 valence electrons. The monoisotopic (exact) mass is 446 g/mol. The van der Waals surface area contributed by atoms with Crippen molar-refractivity contribution in [3.05, 3.63) is 65.9 Å². The highest BCUT2D eigenvalue weighted by atomic mass is 16.5.